The zero-order valence-electron chi connectivity index (χ0n) is 9.98. The molecule has 3 nitrogen and oxygen atoms in total. The molecule has 0 aliphatic carbocycles. The molecule has 0 aliphatic heterocycles. The predicted molar refractivity (Wildman–Crippen MR) is 68.3 cm³/mol. The van der Waals surface area contributed by atoms with Crippen molar-refractivity contribution in [3.8, 4) is 0 Å². The third-order valence-electron chi connectivity index (χ3n) is 2.45. The molecule has 1 aromatic heterocycles. The second-order valence-electron chi connectivity index (χ2n) is 4.20. The SMILES string of the molecule is CC(N)CCCC(=O)N(C)Cc1cccs1. The van der Waals surface area contributed by atoms with Crippen molar-refractivity contribution in [2.45, 2.75) is 38.8 Å². The minimum Gasteiger partial charge on any atom is -0.341 e. The number of amides is 1. The highest BCUT2D eigenvalue weighted by atomic mass is 32.1. The minimum atomic E-state index is 0.190. The number of hydrogen-bond donors (Lipinski definition) is 1. The van der Waals surface area contributed by atoms with Gasteiger partial charge in [-0.25, -0.2) is 0 Å². The van der Waals surface area contributed by atoms with Crippen LogP contribution in [-0.2, 0) is 11.3 Å². The van der Waals surface area contributed by atoms with E-state index in [-0.39, 0.29) is 11.9 Å². The van der Waals surface area contributed by atoms with Crippen LogP contribution >= 0.6 is 11.3 Å². The molecule has 1 amide bonds. The smallest absolute Gasteiger partial charge is 0.222 e. The van der Waals surface area contributed by atoms with Gasteiger partial charge in [-0.15, -0.1) is 11.3 Å². The molecule has 1 heterocycles. The first-order chi connectivity index (χ1) is 7.59. The van der Waals surface area contributed by atoms with Gasteiger partial charge in [0.2, 0.25) is 5.91 Å². The number of hydrogen-bond acceptors (Lipinski definition) is 3. The van der Waals surface area contributed by atoms with E-state index in [2.05, 4.69) is 6.07 Å². The molecule has 4 heteroatoms. The highest BCUT2D eigenvalue weighted by Crippen LogP contribution is 2.12. The van der Waals surface area contributed by atoms with E-state index in [0.717, 1.165) is 12.8 Å². The van der Waals surface area contributed by atoms with E-state index in [1.54, 1.807) is 16.2 Å². The Labute approximate surface area is 101 Å². The molecule has 1 unspecified atom stereocenters. The lowest BCUT2D eigenvalue weighted by Gasteiger charge is -2.16. The molecular weight excluding hydrogens is 220 g/mol. The lowest BCUT2D eigenvalue weighted by molar-refractivity contribution is -0.130. The molecule has 0 radical (unpaired) electrons. The topological polar surface area (TPSA) is 46.3 Å². The number of carbonyl (C=O) groups excluding carboxylic acids is 1. The van der Waals surface area contributed by atoms with E-state index in [0.29, 0.717) is 13.0 Å². The van der Waals surface area contributed by atoms with Gasteiger partial charge < -0.3 is 10.6 Å². The normalized spacial score (nSPS) is 12.4. The van der Waals surface area contributed by atoms with Crippen LogP contribution in [0.15, 0.2) is 17.5 Å². The Morgan fingerprint density at radius 1 is 1.62 bits per heavy atom. The molecule has 1 aromatic rings. The van der Waals surface area contributed by atoms with Gasteiger partial charge in [-0.05, 0) is 31.2 Å². The maximum absolute atomic E-state index is 11.7. The van der Waals surface area contributed by atoms with Crippen molar-refractivity contribution < 1.29 is 4.79 Å². The quantitative estimate of drug-likeness (QED) is 0.828. The van der Waals surface area contributed by atoms with Gasteiger partial charge in [0.1, 0.15) is 0 Å². The average Bonchev–Trinajstić information content (AvgIpc) is 2.69. The van der Waals surface area contributed by atoms with Crippen molar-refractivity contribution in [3.05, 3.63) is 22.4 Å². The molecule has 0 aromatic carbocycles. The van der Waals surface area contributed by atoms with E-state index in [1.807, 2.05) is 25.4 Å². The van der Waals surface area contributed by atoms with Crippen molar-refractivity contribution >= 4 is 17.2 Å². The Bertz CT molecular complexity index is 309. The van der Waals surface area contributed by atoms with Gasteiger partial charge in [-0.2, -0.15) is 0 Å². The monoisotopic (exact) mass is 240 g/mol. The number of rotatable bonds is 6. The highest BCUT2D eigenvalue weighted by molar-refractivity contribution is 7.09. The molecule has 0 aliphatic rings. The van der Waals surface area contributed by atoms with Crippen LogP contribution in [0.3, 0.4) is 0 Å². The van der Waals surface area contributed by atoms with Crippen molar-refractivity contribution in [2.75, 3.05) is 7.05 Å². The van der Waals surface area contributed by atoms with Gasteiger partial charge in [0.15, 0.2) is 0 Å². The summed E-state index contributed by atoms with van der Waals surface area (Å²) in [5, 5.41) is 2.03. The van der Waals surface area contributed by atoms with Crippen LogP contribution in [0.2, 0.25) is 0 Å². The van der Waals surface area contributed by atoms with Gasteiger partial charge in [-0.1, -0.05) is 6.07 Å². The van der Waals surface area contributed by atoms with Crippen LogP contribution in [0, 0.1) is 0 Å². The average molecular weight is 240 g/mol. The summed E-state index contributed by atoms with van der Waals surface area (Å²) >= 11 is 1.68. The lowest BCUT2D eigenvalue weighted by Crippen LogP contribution is -2.26. The predicted octanol–water partition coefficient (Wildman–Crippen LogP) is 2.22. The Balaban J connectivity index is 2.25. The Morgan fingerprint density at radius 2 is 2.38 bits per heavy atom. The fourth-order valence-electron chi connectivity index (χ4n) is 1.49. The van der Waals surface area contributed by atoms with Crippen molar-refractivity contribution in [3.63, 3.8) is 0 Å². The third-order valence-corrected chi connectivity index (χ3v) is 3.31. The standard InChI is InChI=1S/C12H20N2OS/c1-10(13)5-3-7-12(15)14(2)9-11-6-4-8-16-11/h4,6,8,10H,3,5,7,9,13H2,1-2H3. The summed E-state index contributed by atoms with van der Waals surface area (Å²) in [6, 6.07) is 4.25. The van der Waals surface area contributed by atoms with Crippen molar-refractivity contribution in [1.29, 1.82) is 0 Å². The van der Waals surface area contributed by atoms with E-state index in [1.165, 1.54) is 4.88 Å². The molecule has 1 atom stereocenters. The summed E-state index contributed by atoms with van der Waals surface area (Å²) in [7, 11) is 1.86. The molecular formula is C12H20N2OS. The van der Waals surface area contributed by atoms with Crippen LogP contribution < -0.4 is 5.73 Å². The third kappa shape index (κ3) is 4.77. The Kier molecular flexibility index (Phi) is 5.49. The number of thiophene rings is 1. The summed E-state index contributed by atoms with van der Waals surface area (Å²) in [5.74, 6) is 0.203. The summed E-state index contributed by atoms with van der Waals surface area (Å²) < 4.78 is 0. The second-order valence-corrected chi connectivity index (χ2v) is 5.23. The fraction of sp³-hybridized carbons (Fsp3) is 0.583. The van der Waals surface area contributed by atoms with Crippen LogP contribution in [0.1, 0.15) is 31.1 Å². The summed E-state index contributed by atoms with van der Waals surface area (Å²) in [6.45, 7) is 2.69. The second kappa shape index (κ2) is 6.66. The Morgan fingerprint density at radius 3 is 2.94 bits per heavy atom. The van der Waals surface area contributed by atoms with Crippen molar-refractivity contribution in [2.24, 2.45) is 5.73 Å². The van der Waals surface area contributed by atoms with Crippen LogP contribution in [0.4, 0.5) is 0 Å². The largest absolute Gasteiger partial charge is 0.341 e. The van der Waals surface area contributed by atoms with Crippen molar-refractivity contribution in [1.82, 2.24) is 4.90 Å². The number of nitrogens with zero attached hydrogens (tertiary/aromatic N) is 1. The molecule has 0 fully saturated rings. The molecule has 16 heavy (non-hydrogen) atoms. The van der Waals surface area contributed by atoms with Gasteiger partial charge in [0.25, 0.3) is 0 Å². The maximum Gasteiger partial charge on any atom is 0.222 e. The number of nitrogens with two attached hydrogens (primary N) is 1. The van der Waals surface area contributed by atoms with Gasteiger partial charge in [0, 0.05) is 24.4 Å². The molecule has 0 saturated carbocycles. The van der Waals surface area contributed by atoms with Crippen LogP contribution in [0.25, 0.3) is 0 Å². The van der Waals surface area contributed by atoms with E-state index < -0.39 is 0 Å². The summed E-state index contributed by atoms with van der Waals surface area (Å²) in [4.78, 5) is 14.8. The van der Waals surface area contributed by atoms with Gasteiger partial charge in [-0.3, -0.25) is 4.79 Å². The molecule has 0 bridgehead atoms. The zero-order chi connectivity index (χ0) is 12.0. The van der Waals surface area contributed by atoms with E-state index in [9.17, 15) is 4.79 Å². The first kappa shape index (κ1) is 13.2. The van der Waals surface area contributed by atoms with E-state index in [4.69, 9.17) is 5.73 Å². The molecule has 1 rings (SSSR count). The van der Waals surface area contributed by atoms with Gasteiger partial charge >= 0.3 is 0 Å². The van der Waals surface area contributed by atoms with Crippen LogP contribution in [0.5, 0.6) is 0 Å². The zero-order valence-corrected chi connectivity index (χ0v) is 10.8. The molecule has 2 N–H and O–H groups in total. The maximum atomic E-state index is 11.7. The Hall–Kier alpha value is -0.870. The van der Waals surface area contributed by atoms with Crippen LogP contribution in [-0.4, -0.2) is 23.9 Å². The van der Waals surface area contributed by atoms with Gasteiger partial charge in [0.05, 0.1) is 6.54 Å². The first-order valence-corrected chi connectivity index (χ1v) is 6.49. The summed E-state index contributed by atoms with van der Waals surface area (Å²) in [6.07, 6.45) is 2.40. The molecule has 0 spiro atoms. The molecule has 90 valence electrons. The number of carbonyl (C=O) groups is 1. The van der Waals surface area contributed by atoms with E-state index >= 15 is 0 Å². The summed E-state index contributed by atoms with van der Waals surface area (Å²) in [5.41, 5.74) is 5.64. The molecule has 0 saturated heterocycles. The lowest BCUT2D eigenvalue weighted by atomic mass is 10.1. The highest BCUT2D eigenvalue weighted by Gasteiger charge is 2.09. The fourth-order valence-corrected chi connectivity index (χ4v) is 2.25. The first-order valence-electron chi connectivity index (χ1n) is 5.61. The minimum absolute atomic E-state index is 0.190.